The molecule has 0 radical (unpaired) electrons. The number of amides is 2. The van der Waals surface area contributed by atoms with Crippen molar-refractivity contribution in [2.45, 2.75) is 32.2 Å². The van der Waals surface area contributed by atoms with E-state index in [1.54, 1.807) is 47.6 Å². The Hall–Kier alpha value is -3.82. The number of alkyl halides is 3. The molecule has 0 saturated carbocycles. The molecule has 1 aromatic heterocycles. The van der Waals surface area contributed by atoms with Crippen molar-refractivity contribution in [3.63, 3.8) is 0 Å². The predicted molar refractivity (Wildman–Crippen MR) is 115 cm³/mol. The van der Waals surface area contributed by atoms with Gasteiger partial charge in [0.1, 0.15) is 5.75 Å². The van der Waals surface area contributed by atoms with E-state index in [1.165, 1.54) is 23.1 Å². The van der Waals surface area contributed by atoms with Crippen molar-refractivity contribution in [3.05, 3.63) is 72.3 Å². The molecule has 2 amide bonds. The van der Waals surface area contributed by atoms with Crippen molar-refractivity contribution in [2.24, 2.45) is 0 Å². The lowest BCUT2D eigenvalue weighted by Crippen LogP contribution is -2.35. The Labute approximate surface area is 187 Å². The van der Waals surface area contributed by atoms with Crippen LogP contribution in [0.5, 0.6) is 5.75 Å². The van der Waals surface area contributed by atoms with Crippen LogP contribution >= 0.6 is 0 Å². The number of nitrogens with zero attached hydrogens (tertiary/aromatic N) is 3. The molecule has 1 aliphatic heterocycles. The number of anilines is 2. The molecule has 4 rings (SSSR count). The van der Waals surface area contributed by atoms with Crippen LogP contribution in [-0.4, -0.2) is 34.3 Å². The minimum Gasteiger partial charge on any atom is -0.406 e. The topological polar surface area (TPSA) is 76.5 Å². The molecule has 2 heterocycles. The molecule has 1 N–H and O–H groups in total. The van der Waals surface area contributed by atoms with Crippen LogP contribution in [0, 0.1) is 0 Å². The van der Waals surface area contributed by atoms with Gasteiger partial charge < -0.3 is 19.5 Å². The lowest BCUT2D eigenvalue weighted by molar-refractivity contribution is -0.274. The first-order valence-corrected chi connectivity index (χ1v) is 10.3. The number of nitrogens with one attached hydrogen (secondary N) is 1. The van der Waals surface area contributed by atoms with Crippen LogP contribution < -0.4 is 15.0 Å². The van der Waals surface area contributed by atoms with E-state index in [1.807, 2.05) is 0 Å². The summed E-state index contributed by atoms with van der Waals surface area (Å²) in [5.74, 6) is -0.806. The van der Waals surface area contributed by atoms with Crippen molar-refractivity contribution < 1.29 is 27.5 Å². The molecule has 0 aliphatic carbocycles. The molecule has 0 bridgehead atoms. The number of carbonyl (C=O) groups is 2. The number of aryl methyl sites for hydroxylation is 2. The van der Waals surface area contributed by atoms with E-state index in [2.05, 4.69) is 15.0 Å². The van der Waals surface area contributed by atoms with Gasteiger partial charge in [-0.1, -0.05) is 6.07 Å². The first kappa shape index (κ1) is 22.4. The number of benzene rings is 2. The van der Waals surface area contributed by atoms with Gasteiger partial charge in [-0.25, -0.2) is 4.98 Å². The third-order valence-electron chi connectivity index (χ3n) is 5.20. The molecule has 1 aliphatic rings. The quantitative estimate of drug-likeness (QED) is 0.594. The molecule has 33 heavy (non-hydrogen) atoms. The molecule has 0 atom stereocenters. The van der Waals surface area contributed by atoms with E-state index < -0.39 is 6.36 Å². The maximum absolute atomic E-state index is 13.2. The number of imidazole rings is 1. The Balaban J connectivity index is 1.46. The van der Waals surface area contributed by atoms with Crippen LogP contribution in [0.2, 0.25) is 0 Å². The average Bonchev–Trinajstić information content (AvgIpc) is 3.29. The summed E-state index contributed by atoms with van der Waals surface area (Å²) < 4.78 is 43.4. The standard InChI is InChI=1S/C23H21F3N4O3/c24-23(25,26)33-19-6-7-20-16(14-19)4-2-10-30(20)22(32)17-3-1-5-18(13-17)28-21(31)8-11-29-12-9-27-15-29/h1,3,5-7,9,12-15H,2,4,8,10-11H2,(H,28,31). The number of hydrogen-bond acceptors (Lipinski definition) is 4. The second kappa shape index (κ2) is 9.35. The van der Waals surface area contributed by atoms with Crippen molar-refractivity contribution in [2.75, 3.05) is 16.8 Å². The summed E-state index contributed by atoms with van der Waals surface area (Å²) >= 11 is 0. The zero-order valence-electron chi connectivity index (χ0n) is 17.5. The molecule has 172 valence electrons. The van der Waals surface area contributed by atoms with Crippen molar-refractivity contribution in [3.8, 4) is 5.75 Å². The molecule has 0 fully saturated rings. The Morgan fingerprint density at radius 2 is 2.00 bits per heavy atom. The number of hydrogen-bond donors (Lipinski definition) is 1. The van der Waals surface area contributed by atoms with E-state index in [9.17, 15) is 22.8 Å². The normalized spacial score (nSPS) is 13.4. The molecular weight excluding hydrogens is 437 g/mol. The number of rotatable bonds is 6. The van der Waals surface area contributed by atoms with Gasteiger partial charge in [0.15, 0.2) is 0 Å². The number of halogens is 3. The fourth-order valence-electron chi connectivity index (χ4n) is 3.74. The van der Waals surface area contributed by atoms with Crippen LogP contribution in [-0.2, 0) is 17.8 Å². The highest BCUT2D eigenvalue weighted by atomic mass is 19.4. The molecule has 10 heteroatoms. The summed E-state index contributed by atoms with van der Waals surface area (Å²) in [5, 5.41) is 2.78. The highest BCUT2D eigenvalue weighted by Gasteiger charge is 2.32. The molecule has 0 saturated heterocycles. The molecule has 3 aromatic rings. The van der Waals surface area contributed by atoms with Crippen molar-refractivity contribution >= 4 is 23.2 Å². The largest absolute Gasteiger partial charge is 0.573 e. The van der Waals surface area contributed by atoms with Gasteiger partial charge in [-0.05, 0) is 54.8 Å². The van der Waals surface area contributed by atoms with E-state index in [0.717, 1.165) is 0 Å². The van der Waals surface area contributed by atoms with Gasteiger partial charge in [0, 0.05) is 48.8 Å². The SMILES string of the molecule is O=C(CCn1ccnc1)Nc1cccc(C(=O)N2CCCc3cc(OC(F)(F)F)ccc32)c1. The maximum atomic E-state index is 13.2. The zero-order valence-corrected chi connectivity index (χ0v) is 17.5. The van der Waals surface area contributed by atoms with Gasteiger partial charge in [-0.2, -0.15) is 0 Å². The highest BCUT2D eigenvalue weighted by Crippen LogP contribution is 2.33. The average molecular weight is 458 g/mol. The number of carbonyl (C=O) groups excluding carboxylic acids is 2. The highest BCUT2D eigenvalue weighted by molar-refractivity contribution is 6.07. The summed E-state index contributed by atoms with van der Waals surface area (Å²) in [6, 6.07) is 10.6. The van der Waals surface area contributed by atoms with E-state index >= 15 is 0 Å². The molecular formula is C23H21F3N4O3. The maximum Gasteiger partial charge on any atom is 0.573 e. The monoisotopic (exact) mass is 458 g/mol. The van der Waals surface area contributed by atoms with Gasteiger partial charge in [0.2, 0.25) is 5.91 Å². The van der Waals surface area contributed by atoms with E-state index in [0.29, 0.717) is 48.4 Å². The minimum absolute atomic E-state index is 0.200. The zero-order chi connectivity index (χ0) is 23.4. The second-order valence-electron chi connectivity index (χ2n) is 7.58. The molecule has 0 spiro atoms. The first-order chi connectivity index (χ1) is 15.8. The minimum atomic E-state index is -4.78. The Morgan fingerprint density at radius 3 is 2.76 bits per heavy atom. The van der Waals surface area contributed by atoms with Crippen LogP contribution in [0.15, 0.2) is 61.2 Å². The summed E-state index contributed by atoms with van der Waals surface area (Å²) in [7, 11) is 0. The Bertz CT molecular complexity index is 1150. The van der Waals surface area contributed by atoms with E-state index in [4.69, 9.17) is 0 Å². The molecule has 0 unspecified atom stereocenters. The fraction of sp³-hybridized carbons (Fsp3) is 0.261. The summed E-state index contributed by atoms with van der Waals surface area (Å²) in [5.41, 5.74) is 2.02. The van der Waals surface area contributed by atoms with Crippen LogP contribution in [0.25, 0.3) is 0 Å². The lowest BCUT2D eigenvalue weighted by atomic mass is 10.00. The fourth-order valence-corrected chi connectivity index (χ4v) is 3.74. The van der Waals surface area contributed by atoms with Gasteiger partial charge >= 0.3 is 6.36 Å². The number of fused-ring (bicyclic) bond motifs is 1. The lowest BCUT2D eigenvalue weighted by Gasteiger charge is -2.30. The number of ether oxygens (including phenoxy) is 1. The van der Waals surface area contributed by atoms with Gasteiger partial charge in [-0.15, -0.1) is 13.2 Å². The van der Waals surface area contributed by atoms with Crippen LogP contribution in [0.4, 0.5) is 24.5 Å². The third-order valence-corrected chi connectivity index (χ3v) is 5.20. The van der Waals surface area contributed by atoms with Gasteiger partial charge in [0.25, 0.3) is 5.91 Å². The Morgan fingerprint density at radius 1 is 1.15 bits per heavy atom. The Kier molecular flexibility index (Phi) is 6.34. The first-order valence-electron chi connectivity index (χ1n) is 10.3. The van der Waals surface area contributed by atoms with Crippen LogP contribution in [0.1, 0.15) is 28.8 Å². The number of aromatic nitrogens is 2. The molecule has 2 aromatic carbocycles. The predicted octanol–water partition coefficient (Wildman–Crippen LogP) is 4.40. The third kappa shape index (κ3) is 5.71. The van der Waals surface area contributed by atoms with Gasteiger partial charge in [0.05, 0.1) is 6.33 Å². The second-order valence-corrected chi connectivity index (χ2v) is 7.58. The summed E-state index contributed by atoms with van der Waals surface area (Å²) in [4.78, 5) is 30.9. The molecule has 7 nitrogen and oxygen atoms in total. The van der Waals surface area contributed by atoms with E-state index in [-0.39, 0.29) is 24.0 Å². The summed E-state index contributed by atoms with van der Waals surface area (Å²) in [6.07, 6.45) is 1.65. The van der Waals surface area contributed by atoms with Crippen molar-refractivity contribution in [1.82, 2.24) is 9.55 Å². The smallest absolute Gasteiger partial charge is 0.406 e. The van der Waals surface area contributed by atoms with Gasteiger partial charge in [-0.3, -0.25) is 9.59 Å². The van der Waals surface area contributed by atoms with Crippen LogP contribution in [0.3, 0.4) is 0 Å². The summed E-state index contributed by atoms with van der Waals surface area (Å²) in [6.45, 7) is 0.919. The van der Waals surface area contributed by atoms with Crippen molar-refractivity contribution in [1.29, 1.82) is 0 Å².